The van der Waals surface area contributed by atoms with Crippen LogP contribution in [-0.2, 0) is 0 Å². The van der Waals surface area contributed by atoms with Crippen LogP contribution >= 0.6 is 12.2 Å². The number of thiocarbonyl (C=S) groups is 1. The monoisotopic (exact) mass is 156 g/mol. The van der Waals surface area contributed by atoms with Crippen molar-refractivity contribution < 1.29 is 0 Å². The van der Waals surface area contributed by atoms with Gasteiger partial charge >= 0.3 is 0 Å². The molecule has 0 atom stereocenters. The highest BCUT2D eigenvalue weighted by atomic mass is 32.1. The zero-order valence-electron chi connectivity index (χ0n) is 5.39. The summed E-state index contributed by atoms with van der Waals surface area (Å²) >= 11 is 5.12. The van der Waals surface area contributed by atoms with Crippen molar-refractivity contribution in [2.45, 2.75) is 19.3 Å². The van der Waals surface area contributed by atoms with Gasteiger partial charge < -0.3 is 4.90 Å². The molecule has 9 heavy (non-hydrogen) atoms. The number of likely N-dealkylation sites (tertiary alicyclic amines) is 1. The molecule has 1 rings (SSSR count). The van der Waals surface area contributed by atoms with E-state index >= 15 is 0 Å². The molecule has 3 radical (unpaired) electrons. The van der Waals surface area contributed by atoms with E-state index in [1.165, 1.54) is 12.8 Å². The molecule has 3 heteroatoms. The molecule has 49 valence electrons. The number of rotatable bonds is 1. The zero-order valence-corrected chi connectivity index (χ0v) is 7.21. The van der Waals surface area contributed by atoms with Crippen LogP contribution in [0, 0.1) is 0 Å². The highest BCUT2D eigenvalue weighted by molar-refractivity contribution is 7.80. The molecule has 1 fully saturated rings. The molecular weight excluding hydrogens is 146 g/mol. The third kappa shape index (κ3) is 1.76. The molecule has 0 aromatic heterocycles. The Kier molecular flexibility index (Phi) is 2.66. The normalized spacial score (nSPS) is 20.6. The van der Waals surface area contributed by atoms with E-state index in [2.05, 4.69) is 15.1 Å². The molecule has 0 unspecified atom stereocenters. The second-order valence-electron chi connectivity index (χ2n) is 2.27. The predicted octanol–water partition coefficient (Wildman–Crippen LogP) is 0.926. The van der Waals surface area contributed by atoms with Crippen molar-refractivity contribution in [1.29, 1.82) is 0 Å². The molecule has 1 heterocycles. The minimum absolute atomic E-state index is 0.902. The smallest absolute Gasteiger partial charge is 0.0776 e. The van der Waals surface area contributed by atoms with Gasteiger partial charge in [-0.1, -0.05) is 12.2 Å². The SMILES string of the molecule is [Si]CN1CCCCC1=S. The van der Waals surface area contributed by atoms with Crippen LogP contribution in [0.4, 0.5) is 0 Å². The maximum atomic E-state index is 5.12. The molecule has 0 amide bonds. The van der Waals surface area contributed by atoms with E-state index in [1.54, 1.807) is 0 Å². The van der Waals surface area contributed by atoms with Crippen LogP contribution in [0.15, 0.2) is 0 Å². The Balaban J connectivity index is 2.39. The standard InChI is InChI=1S/C6H10NSSi/c8-6-3-1-2-4-7(6)5-9/h1-5H2. The molecule has 1 saturated heterocycles. The van der Waals surface area contributed by atoms with Gasteiger partial charge in [-0.15, -0.1) is 0 Å². The second-order valence-corrected chi connectivity index (χ2v) is 3.06. The van der Waals surface area contributed by atoms with Gasteiger partial charge in [-0.2, -0.15) is 0 Å². The van der Waals surface area contributed by atoms with Crippen LogP contribution in [-0.4, -0.2) is 32.8 Å². The first-order chi connectivity index (χ1) is 4.34. The molecule has 0 aliphatic carbocycles. The van der Waals surface area contributed by atoms with Gasteiger partial charge in [-0.25, -0.2) is 0 Å². The number of hydrogen-bond donors (Lipinski definition) is 0. The predicted molar refractivity (Wildman–Crippen MR) is 43.8 cm³/mol. The molecule has 0 spiro atoms. The fourth-order valence-electron chi connectivity index (χ4n) is 1.03. The minimum Gasteiger partial charge on any atom is -0.370 e. The molecule has 0 bridgehead atoms. The van der Waals surface area contributed by atoms with Crippen molar-refractivity contribution in [3.8, 4) is 0 Å². The topological polar surface area (TPSA) is 3.24 Å². The van der Waals surface area contributed by atoms with Crippen molar-refractivity contribution in [2.24, 2.45) is 0 Å². The minimum atomic E-state index is 0.902. The Hall–Kier alpha value is 0.107. The summed E-state index contributed by atoms with van der Waals surface area (Å²) in [6, 6.07) is 0. The number of hydrogen-bond acceptors (Lipinski definition) is 1. The molecule has 1 aliphatic rings. The quantitative estimate of drug-likeness (QED) is 0.410. The third-order valence-electron chi connectivity index (χ3n) is 1.61. The van der Waals surface area contributed by atoms with Crippen molar-refractivity contribution in [2.75, 3.05) is 12.7 Å². The van der Waals surface area contributed by atoms with E-state index in [4.69, 9.17) is 12.2 Å². The van der Waals surface area contributed by atoms with Gasteiger partial charge in [-0.05, 0) is 19.3 Å². The average molecular weight is 156 g/mol. The first-order valence-corrected chi connectivity index (χ1v) is 4.38. The van der Waals surface area contributed by atoms with E-state index in [9.17, 15) is 0 Å². The van der Waals surface area contributed by atoms with E-state index in [0.29, 0.717) is 0 Å². The van der Waals surface area contributed by atoms with E-state index < -0.39 is 0 Å². The summed E-state index contributed by atoms with van der Waals surface area (Å²) in [6.45, 7) is 1.14. The summed E-state index contributed by atoms with van der Waals surface area (Å²) in [5, 5.41) is 0. The Morgan fingerprint density at radius 3 is 2.78 bits per heavy atom. The first-order valence-electron chi connectivity index (χ1n) is 3.27. The summed E-state index contributed by atoms with van der Waals surface area (Å²) in [6.07, 6.45) is 4.59. The Bertz CT molecular complexity index is 116. The fraction of sp³-hybridized carbons (Fsp3) is 0.833. The van der Waals surface area contributed by atoms with Crippen molar-refractivity contribution in [3.05, 3.63) is 0 Å². The van der Waals surface area contributed by atoms with Gasteiger partial charge in [0.2, 0.25) is 0 Å². The van der Waals surface area contributed by atoms with Crippen LogP contribution in [0.2, 0.25) is 0 Å². The van der Waals surface area contributed by atoms with Gasteiger partial charge in [0.25, 0.3) is 0 Å². The lowest BCUT2D eigenvalue weighted by Crippen LogP contribution is -2.34. The highest BCUT2D eigenvalue weighted by Gasteiger charge is 2.11. The fourth-order valence-corrected chi connectivity index (χ4v) is 1.79. The summed E-state index contributed by atoms with van der Waals surface area (Å²) in [4.78, 5) is 3.33. The van der Waals surface area contributed by atoms with Gasteiger partial charge in [0.1, 0.15) is 0 Å². The third-order valence-corrected chi connectivity index (χ3v) is 2.46. The molecule has 1 aliphatic heterocycles. The number of piperidine rings is 1. The molecule has 0 N–H and O–H groups in total. The van der Waals surface area contributed by atoms with Gasteiger partial charge in [-0.3, -0.25) is 0 Å². The Morgan fingerprint density at radius 2 is 2.33 bits per heavy atom. The maximum absolute atomic E-state index is 5.12. The summed E-state index contributed by atoms with van der Waals surface area (Å²) in [7, 11) is 3.44. The van der Waals surface area contributed by atoms with Crippen LogP contribution in [0.5, 0.6) is 0 Å². The van der Waals surface area contributed by atoms with E-state index in [-0.39, 0.29) is 0 Å². The van der Waals surface area contributed by atoms with Crippen molar-refractivity contribution >= 4 is 27.4 Å². The highest BCUT2D eigenvalue weighted by Crippen LogP contribution is 2.10. The second kappa shape index (κ2) is 3.32. The Labute approximate surface area is 64.8 Å². The maximum Gasteiger partial charge on any atom is 0.0776 e. The zero-order chi connectivity index (χ0) is 6.69. The van der Waals surface area contributed by atoms with E-state index in [0.717, 1.165) is 24.1 Å². The summed E-state index contributed by atoms with van der Waals surface area (Å²) < 4.78 is 0. The van der Waals surface area contributed by atoms with Crippen LogP contribution in [0.25, 0.3) is 0 Å². The van der Waals surface area contributed by atoms with Gasteiger partial charge in [0.15, 0.2) is 0 Å². The largest absolute Gasteiger partial charge is 0.370 e. The van der Waals surface area contributed by atoms with Crippen LogP contribution in [0.1, 0.15) is 19.3 Å². The molecule has 0 saturated carbocycles. The lowest BCUT2D eigenvalue weighted by molar-refractivity contribution is 0.427. The van der Waals surface area contributed by atoms with E-state index in [1.807, 2.05) is 0 Å². The first kappa shape index (κ1) is 7.22. The lowest BCUT2D eigenvalue weighted by atomic mass is 10.1. The van der Waals surface area contributed by atoms with Gasteiger partial charge in [0, 0.05) is 12.7 Å². The van der Waals surface area contributed by atoms with Crippen molar-refractivity contribution in [1.82, 2.24) is 4.90 Å². The van der Waals surface area contributed by atoms with Crippen molar-refractivity contribution in [3.63, 3.8) is 0 Å². The van der Waals surface area contributed by atoms with Crippen LogP contribution < -0.4 is 0 Å². The average Bonchev–Trinajstić information content (AvgIpc) is 1.89. The summed E-state index contributed by atoms with van der Waals surface area (Å²) in [5.41, 5.74) is 0. The molecule has 0 aromatic carbocycles. The summed E-state index contributed by atoms with van der Waals surface area (Å²) in [5.74, 6) is 0. The van der Waals surface area contributed by atoms with Crippen LogP contribution in [0.3, 0.4) is 0 Å². The molecule has 0 aromatic rings. The lowest BCUT2D eigenvalue weighted by Gasteiger charge is -2.27. The molecular formula is C6H10NSSi. The number of nitrogens with zero attached hydrogens (tertiary/aromatic N) is 1. The van der Waals surface area contributed by atoms with Gasteiger partial charge in [0.05, 0.1) is 15.2 Å². The Morgan fingerprint density at radius 1 is 1.56 bits per heavy atom. The molecule has 1 nitrogen and oxygen atoms in total.